The number of halogens is 3. The SMILES string of the molecule is FC(F)(F)c1cc(N2CCC3NCCC3C2)ccn1. The van der Waals surface area contributed by atoms with Crippen molar-refractivity contribution in [3.63, 3.8) is 0 Å². The molecule has 104 valence electrons. The molecule has 0 radical (unpaired) electrons. The third-order valence-corrected chi connectivity index (χ3v) is 4.05. The van der Waals surface area contributed by atoms with E-state index in [1.165, 1.54) is 6.20 Å². The highest BCUT2D eigenvalue weighted by Crippen LogP contribution is 2.32. The lowest BCUT2D eigenvalue weighted by Crippen LogP contribution is -2.44. The molecule has 0 saturated carbocycles. The van der Waals surface area contributed by atoms with Crippen LogP contribution in [0.1, 0.15) is 18.5 Å². The lowest BCUT2D eigenvalue weighted by Gasteiger charge is -2.36. The van der Waals surface area contributed by atoms with Crippen molar-refractivity contribution in [3.05, 3.63) is 24.0 Å². The van der Waals surface area contributed by atoms with Crippen LogP contribution in [0.5, 0.6) is 0 Å². The average Bonchev–Trinajstić information content (AvgIpc) is 2.85. The summed E-state index contributed by atoms with van der Waals surface area (Å²) < 4.78 is 38.0. The summed E-state index contributed by atoms with van der Waals surface area (Å²) in [5, 5.41) is 3.45. The lowest BCUT2D eigenvalue weighted by atomic mass is 9.93. The van der Waals surface area contributed by atoms with Gasteiger partial charge in [0.2, 0.25) is 0 Å². The smallest absolute Gasteiger partial charge is 0.371 e. The number of rotatable bonds is 1. The zero-order valence-electron chi connectivity index (χ0n) is 10.5. The first kappa shape index (κ1) is 12.7. The summed E-state index contributed by atoms with van der Waals surface area (Å²) >= 11 is 0. The van der Waals surface area contributed by atoms with Gasteiger partial charge in [-0.2, -0.15) is 13.2 Å². The molecule has 0 amide bonds. The van der Waals surface area contributed by atoms with Gasteiger partial charge in [0.1, 0.15) is 5.69 Å². The summed E-state index contributed by atoms with van der Waals surface area (Å²) in [4.78, 5) is 5.45. The predicted molar refractivity (Wildman–Crippen MR) is 66.0 cm³/mol. The second-order valence-electron chi connectivity index (χ2n) is 5.24. The fourth-order valence-corrected chi connectivity index (χ4v) is 3.05. The largest absolute Gasteiger partial charge is 0.433 e. The third-order valence-electron chi connectivity index (χ3n) is 4.05. The number of hydrogen-bond donors (Lipinski definition) is 1. The second-order valence-corrected chi connectivity index (χ2v) is 5.24. The highest BCUT2D eigenvalue weighted by atomic mass is 19.4. The van der Waals surface area contributed by atoms with Crippen LogP contribution in [0.3, 0.4) is 0 Å². The summed E-state index contributed by atoms with van der Waals surface area (Å²) in [6.45, 7) is 2.65. The van der Waals surface area contributed by atoms with Crippen LogP contribution in [-0.2, 0) is 6.18 Å². The number of nitrogens with one attached hydrogen (secondary N) is 1. The Balaban J connectivity index is 1.79. The molecule has 1 aromatic heterocycles. The molecule has 3 rings (SSSR count). The highest BCUT2D eigenvalue weighted by Gasteiger charge is 2.35. The van der Waals surface area contributed by atoms with E-state index in [2.05, 4.69) is 10.3 Å². The molecule has 2 saturated heterocycles. The molecule has 3 nitrogen and oxygen atoms in total. The van der Waals surface area contributed by atoms with Crippen LogP contribution in [0.25, 0.3) is 0 Å². The van der Waals surface area contributed by atoms with E-state index in [-0.39, 0.29) is 0 Å². The summed E-state index contributed by atoms with van der Waals surface area (Å²) in [6, 6.07) is 3.36. The van der Waals surface area contributed by atoms with Crippen molar-refractivity contribution in [2.24, 2.45) is 5.92 Å². The van der Waals surface area contributed by atoms with E-state index < -0.39 is 11.9 Å². The minimum atomic E-state index is -4.37. The fourth-order valence-electron chi connectivity index (χ4n) is 3.05. The lowest BCUT2D eigenvalue weighted by molar-refractivity contribution is -0.141. The third kappa shape index (κ3) is 2.54. The van der Waals surface area contributed by atoms with E-state index in [1.54, 1.807) is 6.07 Å². The van der Waals surface area contributed by atoms with E-state index in [9.17, 15) is 13.2 Å². The van der Waals surface area contributed by atoms with Crippen molar-refractivity contribution in [2.75, 3.05) is 24.5 Å². The molecule has 2 atom stereocenters. The van der Waals surface area contributed by atoms with Crippen molar-refractivity contribution < 1.29 is 13.2 Å². The van der Waals surface area contributed by atoms with Gasteiger partial charge in [-0.1, -0.05) is 0 Å². The van der Waals surface area contributed by atoms with E-state index in [0.29, 0.717) is 17.6 Å². The van der Waals surface area contributed by atoms with E-state index >= 15 is 0 Å². The molecule has 1 N–H and O–H groups in total. The van der Waals surface area contributed by atoms with Gasteiger partial charge in [-0.25, -0.2) is 0 Å². The Morgan fingerprint density at radius 1 is 1.32 bits per heavy atom. The number of pyridine rings is 1. The van der Waals surface area contributed by atoms with Crippen LogP contribution >= 0.6 is 0 Å². The van der Waals surface area contributed by atoms with Gasteiger partial charge in [0.25, 0.3) is 0 Å². The molecule has 1 aromatic rings. The van der Waals surface area contributed by atoms with Crippen molar-refractivity contribution >= 4 is 5.69 Å². The van der Waals surface area contributed by atoms with Gasteiger partial charge >= 0.3 is 6.18 Å². The molecule has 2 fully saturated rings. The maximum Gasteiger partial charge on any atom is 0.433 e. The monoisotopic (exact) mass is 271 g/mol. The van der Waals surface area contributed by atoms with E-state index in [0.717, 1.165) is 38.5 Å². The predicted octanol–water partition coefficient (Wildman–Crippen LogP) is 2.29. The van der Waals surface area contributed by atoms with Crippen LogP contribution in [0.4, 0.5) is 18.9 Å². The molecular formula is C13H16F3N3. The highest BCUT2D eigenvalue weighted by molar-refractivity contribution is 5.47. The van der Waals surface area contributed by atoms with Gasteiger partial charge in [0, 0.05) is 31.0 Å². The molecule has 6 heteroatoms. The second kappa shape index (κ2) is 4.67. The van der Waals surface area contributed by atoms with E-state index in [4.69, 9.17) is 0 Å². The molecule has 0 spiro atoms. The average molecular weight is 271 g/mol. The maximum absolute atomic E-state index is 12.7. The topological polar surface area (TPSA) is 28.2 Å². The number of hydrogen-bond acceptors (Lipinski definition) is 3. The molecule has 0 aliphatic carbocycles. The van der Waals surface area contributed by atoms with Gasteiger partial charge in [-0.05, 0) is 37.4 Å². The van der Waals surface area contributed by atoms with Crippen LogP contribution in [-0.4, -0.2) is 30.7 Å². The first-order valence-corrected chi connectivity index (χ1v) is 6.55. The van der Waals surface area contributed by atoms with Gasteiger partial charge in [-0.15, -0.1) is 0 Å². The zero-order valence-corrected chi connectivity index (χ0v) is 10.5. The van der Waals surface area contributed by atoms with Crippen molar-refractivity contribution in [2.45, 2.75) is 25.1 Å². The van der Waals surface area contributed by atoms with Crippen LogP contribution in [0, 0.1) is 5.92 Å². The number of piperidine rings is 1. The summed E-state index contributed by atoms with van der Waals surface area (Å²) in [7, 11) is 0. The van der Waals surface area contributed by atoms with Crippen molar-refractivity contribution in [1.82, 2.24) is 10.3 Å². The Bertz CT molecular complexity index is 461. The minimum Gasteiger partial charge on any atom is -0.371 e. The summed E-state index contributed by atoms with van der Waals surface area (Å²) in [5.41, 5.74) is -0.177. The van der Waals surface area contributed by atoms with Gasteiger partial charge in [-0.3, -0.25) is 4.98 Å². The molecule has 2 unspecified atom stereocenters. The van der Waals surface area contributed by atoms with Crippen molar-refractivity contribution in [3.8, 4) is 0 Å². The molecule has 3 heterocycles. The Hall–Kier alpha value is -1.30. The van der Waals surface area contributed by atoms with Gasteiger partial charge in [0.15, 0.2) is 0 Å². The molecule has 2 aliphatic rings. The number of nitrogens with zero attached hydrogens (tertiary/aromatic N) is 2. The van der Waals surface area contributed by atoms with Crippen molar-refractivity contribution in [1.29, 1.82) is 0 Å². The Morgan fingerprint density at radius 2 is 2.16 bits per heavy atom. The zero-order chi connectivity index (χ0) is 13.5. The van der Waals surface area contributed by atoms with Crippen LogP contribution in [0.15, 0.2) is 18.3 Å². The number of aromatic nitrogens is 1. The molecule has 0 bridgehead atoms. The molecule has 2 aliphatic heterocycles. The van der Waals surface area contributed by atoms with Gasteiger partial charge in [0.05, 0.1) is 0 Å². The first-order chi connectivity index (χ1) is 9.04. The fraction of sp³-hybridized carbons (Fsp3) is 0.615. The summed E-state index contributed by atoms with van der Waals surface area (Å²) in [6.07, 6.45) is -1.02. The number of fused-ring (bicyclic) bond motifs is 1. The maximum atomic E-state index is 12.7. The minimum absolute atomic E-state index is 0.542. The van der Waals surface area contributed by atoms with Crippen LogP contribution < -0.4 is 10.2 Å². The molecule has 19 heavy (non-hydrogen) atoms. The molecular weight excluding hydrogens is 255 g/mol. The standard InChI is InChI=1S/C13H16F3N3/c14-13(15,16)12-7-10(2-5-18-12)19-6-3-11-9(8-19)1-4-17-11/h2,5,7,9,11,17H,1,3-4,6,8H2. The number of anilines is 1. The summed E-state index contributed by atoms with van der Waals surface area (Å²) in [5.74, 6) is 0.552. The Kier molecular flexibility index (Phi) is 3.12. The normalized spacial score (nSPS) is 27.4. The first-order valence-electron chi connectivity index (χ1n) is 6.55. The Labute approximate surface area is 109 Å². The molecule has 0 aromatic carbocycles. The Morgan fingerprint density at radius 3 is 2.95 bits per heavy atom. The van der Waals surface area contributed by atoms with E-state index in [1.807, 2.05) is 4.90 Å². The quantitative estimate of drug-likeness (QED) is 0.849. The number of alkyl halides is 3. The van der Waals surface area contributed by atoms with Gasteiger partial charge < -0.3 is 10.2 Å². The van der Waals surface area contributed by atoms with Crippen LogP contribution in [0.2, 0.25) is 0 Å².